The summed E-state index contributed by atoms with van der Waals surface area (Å²) in [7, 11) is 3.11. The van der Waals surface area contributed by atoms with Crippen molar-refractivity contribution in [2.24, 2.45) is 4.99 Å². The maximum Gasteiger partial charge on any atom is 0.338 e. The molecule has 0 bridgehead atoms. The second-order valence-corrected chi connectivity index (χ2v) is 11.8. The van der Waals surface area contributed by atoms with E-state index in [0.29, 0.717) is 37.7 Å². The van der Waals surface area contributed by atoms with Crippen LogP contribution in [0.3, 0.4) is 0 Å². The van der Waals surface area contributed by atoms with Gasteiger partial charge in [0.05, 0.1) is 42.7 Å². The van der Waals surface area contributed by atoms with Gasteiger partial charge in [-0.2, -0.15) is 0 Å². The molecule has 0 saturated carbocycles. The molecule has 3 heterocycles. The molecule has 1 aliphatic heterocycles. The predicted octanol–water partition coefficient (Wildman–Crippen LogP) is 4.83. The van der Waals surface area contributed by atoms with Crippen LogP contribution in [0.2, 0.25) is 0 Å². The number of benzene rings is 2. The lowest BCUT2D eigenvalue weighted by Gasteiger charge is -2.25. The molecule has 2 aromatic heterocycles. The number of hydrogen-bond donors (Lipinski definition) is 0. The van der Waals surface area contributed by atoms with Crippen LogP contribution >= 0.6 is 33.9 Å². The molecule has 0 unspecified atom stereocenters. The van der Waals surface area contributed by atoms with Gasteiger partial charge in [-0.25, -0.2) is 9.79 Å². The highest BCUT2D eigenvalue weighted by Gasteiger charge is 2.34. The number of methoxy groups -OCH3 is 2. The van der Waals surface area contributed by atoms with Crippen LogP contribution < -0.4 is 24.4 Å². The predicted molar refractivity (Wildman–Crippen MR) is 168 cm³/mol. The van der Waals surface area contributed by atoms with Crippen LogP contribution in [0.25, 0.3) is 11.8 Å². The number of aryl methyl sites for hydroxylation is 1. The molecule has 0 fully saturated rings. The standard InChI is InChI=1S/C31H30IN3O5S/c1-7-40-30(37)27-18(3)33-31-35(28(27)20-8-13-24(38-5)25(15-20)39-6)29(36)26(41-31)16-21-14-17(2)34(19(21)4)23-11-9-22(32)10-12-23/h8-16,28H,7H2,1-6H3/b26-16+/t28-/m0/s1. The Balaban J connectivity index is 1.70. The summed E-state index contributed by atoms with van der Waals surface area (Å²) < 4.78 is 21.8. The Hall–Kier alpha value is -3.64. The molecule has 5 rings (SSSR count). The normalized spacial score (nSPS) is 15.0. The molecule has 0 radical (unpaired) electrons. The van der Waals surface area contributed by atoms with Crippen LogP contribution in [0.1, 0.15) is 42.4 Å². The van der Waals surface area contributed by atoms with Gasteiger partial charge in [0.1, 0.15) is 0 Å². The third kappa shape index (κ3) is 5.26. The Morgan fingerprint density at radius 2 is 1.76 bits per heavy atom. The SMILES string of the molecule is CCOC(=O)C1=C(C)N=c2s/c(=C/c3cc(C)n(-c4ccc(I)cc4)c3C)c(=O)n2[C@H]1c1ccc(OC)c(OC)c1. The number of nitrogens with zero attached hydrogens (tertiary/aromatic N) is 3. The fourth-order valence-corrected chi connectivity index (χ4v) is 6.59. The summed E-state index contributed by atoms with van der Waals surface area (Å²) in [5.74, 6) is 0.530. The van der Waals surface area contributed by atoms with Crippen molar-refractivity contribution < 1.29 is 19.0 Å². The molecule has 41 heavy (non-hydrogen) atoms. The Morgan fingerprint density at radius 3 is 2.41 bits per heavy atom. The van der Waals surface area contributed by atoms with Crippen molar-refractivity contribution in [3.05, 3.63) is 106 Å². The second-order valence-electron chi connectivity index (χ2n) is 9.55. The highest BCUT2D eigenvalue weighted by Crippen LogP contribution is 2.36. The first kappa shape index (κ1) is 28.9. The topological polar surface area (TPSA) is 84.1 Å². The highest BCUT2D eigenvalue weighted by atomic mass is 127. The number of esters is 1. The molecular weight excluding hydrogens is 653 g/mol. The minimum absolute atomic E-state index is 0.203. The Morgan fingerprint density at radius 1 is 1.05 bits per heavy atom. The van der Waals surface area contributed by atoms with Crippen LogP contribution in [0.4, 0.5) is 0 Å². The minimum atomic E-state index is -0.744. The van der Waals surface area contributed by atoms with Crippen LogP contribution in [0, 0.1) is 17.4 Å². The van der Waals surface area contributed by atoms with E-state index in [2.05, 4.69) is 69.4 Å². The average molecular weight is 684 g/mol. The van der Waals surface area contributed by atoms with Crippen LogP contribution in [-0.2, 0) is 9.53 Å². The van der Waals surface area contributed by atoms with E-state index in [1.807, 2.05) is 19.1 Å². The third-order valence-corrected chi connectivity index (χ3v) is 8.78. The summed E-state index contributed by atoms with van der Waals surface area (Å²) in [6, 6.07) is 15.0. The van der Waals surface area contributed by atoms with E-state index in [0.717, 1.165) is 26.2 Å². The Labute approximate surface area is 255 Å². The lowest BCUT2D eigenvalue weighted by Crippen LogP contribution is -2.40. The summed E-state index contributed by atoms with van der Waals surface area (Å²) in [6.45, 7) is 7.82. The number of hydrogen-bond acceptors (Lipinski definition) is 7. The highest BCUT2D eigenvalue weighted by molar-refractivity contribution is 14.1. The molecule has 1 atom stereocenters. The lowest BCUT2D eigenvalue weighted by atomic mass is 9.95. The number of allylic oxidation sites excluding steroid dienone is 1. The molecule has 1 aliphatic rings. The van der Waals surface area contributed by atoms with Crippen LogP contribution in [-0.4, -0.2) is 35.9 Å². The van der Waals surface area contributed by atoms with E-state index in [-0.39, 0.29) is 12.2 Å². The van der Waals surface area contributed by atoms with E-state index in [1.54, 1.807) is 44.8 Å². The van der Waals surface area contributed by atoms with Crippen molar-refractivity contribution in [2.45, 2.75) is 33.7 Å². The Kier molecular flexibility index (Phi) is 8.23. The van der Waals surface area contributed by atoms with Gasteiger partial charge >= 0.3 is 5.97 Å². The van der Waals surface area contributed by atoms with Gasteiger partial charge < -0.3 is 18.8 Å². The largest absolute Gasteiger partial charge is 0.493 e. The van der Waals surface area contributed by atoms with E-state index in [1.165, 1.54) is 11.3 Å². The fraction of sp³-hybridized carbons (Fsp3) is 0.258. The van der Waals surface area contributed by atoms with Gasteiger partial charge in [-0.1, -0.05) is 17.4 Å². The molecule has 0 spiro atoms. The molecule has 4 aromatic rings. The van der Waals surface area contributed by atoms with E-state index < -0.39 is 12.0 Å². The van der Waals surface area contributed by atoms with Gasteiger partial charge in [0.15, 0.2) is 16.3 Å². The number of carbonyl (C=O) groups is 1. The number of fused-ring (bicyclic) bond motifs is 1. The second kappa shape index (κ2) is 11.7. The summed E-state index contributed by atoms with van der Waals surface area (Å²) in [5.41, 5.74) is 5.36. The maximum atomic E-state index is 14.1. The van der Waals surface area contributed by atoms with Crippen molar-refractivity contribution in [3.63, 3.8) is 0 Å². The number of carbonyl (C=O) groups excluding carboxylic acids is 1. The molecule has 8 nitrogen and oxygen atoms in total. The molecule has 0 aliphatic carbocycles. The van der Waals surface area contributed by atoms with Gasteiger partial charge in [0, 0.05) is 20.6 Å². The number of halogens is 1. The van der Waals surface area contributed by atoms with Gasteiger partial charge in [0.25, 0.3) is 5.56 Å². The number of thiazole rings is 1. The fourth-order valence-electron chi connectivity index (χ4n) is 5.19. The van der Waals surface area contributed by atoms with E-state index in [9.17, 15) is 9.59 Å². The zero-order valence-electron chi connectivity index (χ0n) is 23.6. The molecule has 0 saturated heterocycles. The summed E-state index contributed by atoms with van der Waals surface area (Å²) >= 11 is 3.59. The Bertz CT molecular complexity index is 1860. The van der Waals surface area contributed by atoms with Crippen LogP contribution in [0.15, 0.2) is 69.6 Å². The average Bonchev–Trinajstić information content (AvgIpc) is 3.41. The molecule has 10 heteroatoms. The number of aromatic nitrogens is 2. The molecule has 212 valence electrons. The molecule has 2 aromatic carbocycles. The van der Waals surface area contributed by atoms with Gasteiger partial charge in [0.2, 0.25) is 0 Å². The zero-order chi connectivity index (χ0) is 29.4. The van der Waals surface area contributed by atoms with Crippen molar-refractivity contribution in [1.82, 2.24) is 9.13 Å². The van der Waals surface area contributed by atoms with Crippen molar-refractivity contribution in [3.8, 4) is 17.2 Å². The lowest BCUT2D eigenvalue weighted by molar-refractivity contribution is -0.139. The number of ether oxygens (including phenoxy) is 3. The van der Waals surface area contributed by atoms with Crippen LogP contribution in [0.5, 0.6) is 11.5 Å². The van der Waals surface area contributed by atoms with Gasteiger partial charge in [-0.3, -0.25) is 9.36 Å². The smallest absolute Gasteiger partial charge is 0.338 e. The van der Waals surface area contributed by atoms with Gasteiger partial charge in [-0.05, 0) is 110 Å². The summed E-state index contributed by atoms with van der Waals surface area (Å²) in [4.78, 5) is 32.5. The first-order valence-electron chi connectivity index (χ1n) is 13.0. The van der Waals surface area contributed by atoms with E-state index in [4.69, 9.17) is 14.2 Å². The zero-order valence-corrected chi connectivity index (χ0v) is 26.6. The molecule has 0 amide bonds. The molecular formula is C31H30IN3O5S. The number of rotatable bonds is 7. The summed E-state index contributed by atoms with van der Waals surface area (Å²) in [6.07, 6.45) is 1.91. The van der Waals surface area contributed by atoms with E-state index >= 15 is 0 Å². The van der Waals surface area contributed by atoms with Crippen molar-refractivity contribution in [2.75, 3.05) is 20.8 Å². The molecule has 0 N–H and O–H groups in total. The monoisotopic (exact) mass is 683 g/mol. The van der Waals surface area contributed by atoms with Gasteiger partial charge in [-0.15, -0.1) is 0 Å². The minimum Gasteiger partial charge on any atom is -0.493 e. The van der Waals surface area contributed by atoms with Crippen molar-refractivity contribution >= 4 is 46.0 Å². The summed E-state index contributed by atoms with van der Waals surface area (Å²) in [5, 5.41) is 0. The van der Waals surface area contributed by atoms with Crippen molar-refractivity contribution in [1.29, 1.82) is 0 Å². The first-order valence-corrected chi connectivity index (χ1v) is 14.9. The first-order chi connectivity index (χ1) is 19.7. The maximum absolute atomic E-state index is 14.1. The quantitative estimate of drug-likeness (QED) is 0.206. The third-order valence-electron chi connectivity index (χ3n) is 7.08.